The summed E-state index contributed by atoms with van der Waals surface area (Å²) in [5.74, 6) is -0.697. The molecule has 19 heavy (non-hydrogen) atoms. The van der Waals surface area contributed by atoms with Crippen molar-refractivity contribution in [2.45, 2.75) is 57.5 Å². The zero-order valence-corrected chi connectivity index (χ0v) is 11.7. The minimum absolute atomic E-state index is 0.0868. The summed E-state index contributed by atoms with van der Waals surface area (Å²) in [6, 6.07) is 0.778. The van der Waals surface area contributed by atoms with E-state index in [-0.39, 0.29) is 18.4 Å². The van der Waals surface area contributed by atoms with Gasteiger partial charge in [0.15, 0.2) is 0 Å². The molecule has 2 fully saturated rings. The highest BCUT2D eigenvalue weighted by Gasteiger charge is 2.34. The van der Waals surface area contributed by atoms with E-state index in [2.05, 4.69) is 11.8 Å². The van der Waals surface area contributed by atoms with Gasteiger partial charge in [0.25, 0.3) is 0 Å². The Bertz CT molecular complexity index is 346. The molecule has 2 aliphatic rings. The number of amides is 1. The smallest absolute Gasteiger partial charge is 0.303 e. The summed E-state index contributed by atoms with van der Waals surface area (Å²) in [4.78, 5) is 27.1. The molecular weight excluding hydrogens is 244 g/mol. The predicted octanol–water partition coefficient (Wildman–Crippen LogP) is 1.33. The van der Waals surface area contributed by atoms with Crippen LogP contribution in [0.5, 0.6) is 0 Å². The van der Waals surface area contributed by atoms with Crippen molar-refractivity contribution < 1.29 is 14.7 Å². The maximum atomic E-state index is 12.2. The number of carbonyl (C=O) groups excluding carboxylic acids is 1. The summed E-state index contributed by atoms with van der Waals surface area (Å²) in [6.07, 6.45) is 4.62. The zero-order valence-electron chi connectivity index (χ0n) is 11.7. The zero-order chi connectivity index (χ0) is 13.8. The number of hydrogen-bond donors (Lipinski definition) is 1. The Morgan fingerprint density at radius 1 is 1.21 bits per heavy atom. The van der Waals surface area contributed by atoms with E-state index in [0.717, 1.165) is 19.6 Å². The molecule has 0 aromatic heterocycles. The Balaban J connectivity index is 1.85. The molecule has 5 heteroatoms. The molecule has 2 atom stereocenters. The number of piperidine rings is 1. The predicted molar refractivity (Wildman–Crippen MR) is 71.9 cm³/mol. The number of hydrogen-bond acceptors (Lipinski definition) is 3. The van der Waals surface area contributed by atoms with E-state index >= 15 is 0 Å². The Hall–Kier alpha value is -1.10. The number of rotatable bonds is 4. The summed E-state index contributed by atoms with van der Waals surface area (Å²) in [5, 5.41) is 8.61. The summed E-state index contributed by atoms with van der Waals surface area (Å²) in [7, 11) is 0. The number of carboxylic acid groups (broad SMARTS) is 1. The van der Waals surface area contributed by atoms with E-state index in [4.69, 9.17) is 5.11 Å². The molecule has 2 saturated heterocycles. The fourth-order valence-electron chi connectivity index (χ4n) is 3.23. The van der Waals surface area contributed by atoms with Crippen molar-refractivity contribution in [3.8, 4) is 0 Å². The van der Waals surface area contributed by atoms with Gasteiger partial charge in [0.05, 0.1) is 0 Å². The normalized spacial score (nSPS) is 27.9. The molecule has 2 aliphatic heterocycles. The highest BCUT2D eigenvalue weighted by molar-refractivity contribution is 5.77. The van der Waals surface area contributed by atoms with Crippen LogP contribution in [-0.4, -0.2) is 58.5 Å². The maximum absolute atomic E-state index is 12.2. The number of fused-ring (bicyclic) bond motifs is 1. The fraction of sp³-hybridized carbons (Fsp3) is 0.857. The van der Waals surface area contributed by atoms with Gasteiger partial charge in [-0.05, 0) is 32.7 Å². The molecule has 5 nitrogen and oxygen atoms in total. The molecule has 2 unspecified atom stereocenters. The second-order valence-electron chi connectivity index (χ2n) is 5.79. The largest absolute Gasteiger partial charge is 0.481 e. The third-order valence-corrected chi connectivity index (χ3v) is 4.29. The van der Waals surface area contributed by atoms with E-state index in [9.17, 15) is 9.59 Å². The molecule has 108 valence electrons. The fourth-order valence-corrected chi connectivity index (χ4v) is 3.23. The van der Waals surface area contributed by atoms with Crippen molar-refractivity contribution >= 4 is 11.9 Å². The maximum Gasteiger partial charge on any atom is 0.303 e. The van der Waals surface area contributed by atoms with Crippen molar-refractivity contribution in [1.29, 1.82) is 0 Å². The first-order valence-corrected chi connectivity index (χ1v) is 7.33. The SMILES string of the molecule is CC1CN2CCCCC2CN1C(=O)CCCC(=O)O. The average molecular weight is 268 g/mol. The van der Waals surface area contributed by atoms with E-state index < -0.39 is 5.97 Å². The van der Waals surface area contributed by atoms with Crippen molar-refractivity contribution in [3.63, 3.8) is 0 Å². The van der Waals surface area contributed by atoms with Crippen LogP contribution in [0.3, 0.4) is 0 Å². The van der Waals surface area contributed by atoms with Crippen molar-refractivity contribution in [2.75, 3.05) is 19.6 Å². The third-order valence-electron chi connectivity index (χ3n) is 4.29. The van der Waals surface area contributed by atoms with Gasteiger partial charge in [0.2, 0.25) is 5.91 Å². The summed E-state index contributed by atoms with van der Waals surface area (Å²) >= 11 is 0. The number of aliphatic carboxylic acids is 1. The lowest BCUT2D eigenvalue weighted by molar-refractivity contribution is -0.139. The Morgan fingerprint density at radius 3 is 2.74 bits per heavy atom. The monoisotopic (exact) mass is 268 g/mol. The van der Waals surface area contributed by atoms with Gasteiger partial charge in [-0.15, -0.1) is 0 Å². The Kier molecular flexibility index (Phi) is 4.80. The molecule has 1 N–H and O–H groups in total. The van der Waals surface area contributed by atoms with Gasteiger partial charge in [0, 0.05) is 38.0 Å². The number of carbonyl (C=O) groups is 2. The van der Waals surface area contributed by atoms with Gasteiger partial charge in [0.1, 0.15) is 0 Å². The molecule has 0 saturated carbocycles. The van der Waals surface area contributed by atoms with Crippen LogP contribution in [0.1, 0.15) is 45.4 Å². The molecule has 1 amide bonds. The second kappa shape index (κ2) is 6.37. The average Bonchev–Trinajstić information content (AvgIpc) is 2.37. The molecule has 0 radical (unpaired) electrons. The quantitative estimate of drug-likeness (QED) is 0.835. The van der Waals surface area contributed by atoms with E-state index in [0.29, 0.717) is 18.9 Å². The Morgan fingerprint density at radius 2 is 2.00 bits per heavy atom. The van der Waals surface area contributed by atoms with Gasteiger partial charge in [-0.25, -0.2) is 0 Å². The minimum Gasteiger partial charge on any atom is -0.481 e. The molecule has 0 spiro atoms. The van der Waals surface area contributed by atoms with Crippen molar-refractivity contribution in [1.82, 2.24) is 9.80 Å². The Labute approximate surface area is 114 Å². The first-order valence-electron chi connectivity index (χ1n) is 7.33. The standard InChI is InChI=1S/C14H24N2O3/c1-11-9-15-8-3-2-5-12(15)10-16(11)13(17)6-4-7-14(18)19/h11-12H,2-10H2,1H3,(H,18,19). The molecule has 0 aromatic carbocycles. The highest BCUT2D eigenvalue weighted by Crippen LogP contribution is 2.24. The van der Waals surface area contributed by atoms with Gasteiger partial charge in [-0.2, -0.15) is 0 Å². The van der Waals surface area contributed by atoms with Crippen LogP contribution in [0.25, 0.3) is 0 Å². The van der Waals surface area contributed by atoms with E-state index in [1.165, 1.54) is 19.3 Å². The number of nitrogens with zero attached hydrogens (tertiary/aromatic N) is 2. The van der Waals surface area contributed by atoms with Gasteiger partial charge >= 0.3 is 5.97 Å². The molecular formula is C14H24N2O3. The lowest BCUT2D eigenvalue weighted by Crippen LogP contribution is -2.60. The first-order chi connectivity index (χ1) is 9.08. The van der Waals surface area contributed by atoms with Crippen LogP contribution in [0.15, 0.2) is 0 Å². The van der Waals surface area contributed by atoms with Crippen LogP contribution in [-0.2, 0) is 9.59 Å². The number of carboxylic acids is 1. The van der Waals surface area contributed by atoms with Crippen molar-refractivity contribution in [3.05, 3.63) is 0 Å². The molecule has 0 aliphatic carbocycles. The molecule has 2 rings (SSSR count). The van der Waals surface area contributed by atoms with Crippen molar-refractivity contribution in [2.24, 2.45) is 0 Å². The molecule has 0 aromatic rings. The topological polar surface area (TPSA) is 60.9 Å². The van der Waals surface area contributed by atoms with E-state index in [1.54, 1.807) is 0 Å². The first kappa shape index (κ1) is 14.3. The molecule has 2 heterocycles. The summed E-state index contributed by atoms with van der Waals surface area (Å²) in [5.41, 5.74) is 0. The van der Waals surface area contributed by atoms with Gasteiger partial charge in [-0.3, -0.25) is 14.5 Å². The number of piperazine rings is 1. The van der Waals surface area contributed by atoms with Crippen LogP contribution in [0.2, 0.25) is 0 Å². The second-order valence-corrected chi connectivity index (χ2v) is 5.79. The summed E-state index contributed by atoms with van der Waals surface area (Å²) < 4.78 is 0. The third kappa shape index (κ3) is 3.69. The lowest BCUT2D eigenvalue weighted by Gasteiger charge is -2.47. The van der Waals surface area contributed by atoms with Crippen LogP contribution < -0.4 is 0 Å². The van der Waals surface area contributed by atoms with E-state index in [1.807, 2.05) is 4.90 Å². The van der Waals surface area contributed by atoms with Crippen LogP contribution >= 0.6 is 0 Å². The highest BCUT2D eigenvalue weighted by atomic mass is 16.4. The van der Waals surface area contributed by atoms with Crippen LogP contribution in [0, 0.1) is 0 Å². The molecule has 0 bridgehead atoms. The van der Waals surface area contributed by atoms with Gasteiger partial charge in [-0.1, -0.05) is 6.42 Å². The summed E-state index contributed by atoms with van der Waals surface area (Å²) in [6.45, 7) is 5.05. The minimum atomic E-state index is -0.821. The van der Waals surface area contributed by atoms with Gasteiger partial charge < -0.3 is 10.0 Å². The lowest BCUT2D eigenvalue weighted by atomic mass is 9.97. The van der Waals surface area contributed by atoms with Crippen LogP contribution in [0.4, 0.5) is 0 Å².